The lowest BCUT2D eigenvalue weighted by molar-refractivity contribution is 0.0917. The van der Waals surface area contributed by atoms with Crippen molar-refractivity contribution < 1.29 is 14.3 Å². The third-order valence-electron chi connectivity index (χ3n) is 3.85. The Labute approximate surface area is 145 Å². The molecule has 6 heteroatoms. The second-order valence-electron chi connectivity index (χ2n) is 6.05. The van der Waals surface area contributed by atoms with Gasteiger partial charge in [0.2, 0.25) is 0 Å². The van der Waals surface area contributed by atoms with Crippen LogP contribution in [0.1, 0.15) is 42.2 Å². The Balaban J connectivity index is 2.41. The second-order valence-corrected chi connectivity index (χ2v) is 7.03. The molecule has 1 amide bonds. The summed E-state index contributed by atoms with van der Waals surface area (Å²) in [7, 11) is 0. The predicted molar refractivity (Wildman–Crippen MR) is 97.1 cm³/mol. The summed E-state index contributed by atoms with van der Waals surface area (Å²) in [5.74, 6) is 0.275. The molecule has 2 aromatic rings. The Kier molecular flexibility index (Phi) is 6.57. The third-order valence-corrected chi connectivity index (χ3v) is 4.50. The van der Waals surface area contributed by atoms with E-state index in [0.717, 1.165) is 11.4 Å². The van der Waals surface area contributed by atoms with Gasteiger partial charge in [-0.25, -0.2) is 4.39 Å². The van der Waals surface area contributed by atoms with Crippen molar-refractivity contribution in [3.05, 3.63) is 41.3 Å². The Morgan fingerprint density at radius 3 is 2.75 bits per heavy atom. The molecule has 4 nitrogen and oxygen atoms in total. The van der Waals surface area contributed by atoms with E-state index >= 15 is 0 Å². The highest BCUT2D eigenvalue weighted by molar-refractivity contribution is 7.98. The van der Waals surface area contributed by atoms with Gasteiger partial charge < -0.3 is 10.4 Å². The van der Waals surface area contributed by atoms with Crippen LogP contribution in [0.15, 0.2) is 24.3 Å². The molecule has 0 saturated heterocycles. The number of aromatic nitrogens is 1. The van der Waals surface area contributed by atoms with Gasteiger partial charge in [-0.3, -0.25) is 9.78 Å². The van der Waals surface area contributed by atoms with Crippen LogP contribution in [0.5, 0.6) is 0 Å². The standard InChI is InChI=1S/C18H23FN2O2S/c1-11(2)17-9-15(14-8-12(19)4-5-16(14)21-17)18(23)20-13(10-22)6-7-24-3/h4-5,8-9,11,13,22H,6-7,10H2,1-3H3,(H,20,23). The molecule has 0 radical (unpaired) electrons. The SMILES string of the molecule is CSCCC(CO)NC(=O)c1cc(C(C)C)nc2ccc(F)cc12. The summed E-state index contributed by atoms with van der Waals surface area (Å²) in [5, 5.41) is 12.8. The first-order valence-electron chi connectivity index (χ1n) is 7.97. The highest BCUT2D eigenvalue weighted by atomic mass is 32.2. The van der Waals surface area contributed by atoms with Crippen LogP contribution in [0.25, 0.3) is 10.9 Å². The second kappa shape index (κ2) is 8.44. The number of halogens is 1. The fourth-order valence-corrected chi connectivity index (χ4v) is 2.95. The number of amides is 1. The van der Waals surface area contributed by atoms with Gasteiger partial charge in [0.15, 0.2) is 0 Å². The summed E-state index contributed by atoms with van der Waals surface area (Å²) in [6, 6.07) is 5.66. The van der Waals surface area contributed by atoms with Crippen molar-refractivity contribution in [1.29, 1.82) is 0 Å². The van der Waals surface area contributed by atoms with Crippen LogP contribution in [-0.4, -0.2) is 40.7 Å². The maximum atomic E-state index is 13.6. The Bertz CT molecular complexity index is 721. The molecule has 1 aromatic heterocycles. The maximum Gasteiger partial charge on any atom is 0.252 e. The van der Waals surface area contributed by atoms with Crippen LogP contribution in [0.4, 0.5) is 4.39 Å². The van der Waals surface area contributed by atoms with E-state index in [4.69, 9.17) is 0 Å². The highest BCUT2D eigenvalue weighted by Crippen LogP contribution is 2.23. The van der Waals surface area contributed by atoms with Crippen molar-refractivity contribution in [1.82, 2.24) is 10.3 Å². The monoisotopic (exact) mass is 350 g/mol. The van der Waals surface area contributed by atoms with Crippen LogP contribution in [0.3, 0.4) is 0 Å². The van der Waals surface area contributed by atoms with Crippen molar-refractivity contribution >= 4 is 28.6 Å². The number of rotatable bonds is 7. The molecule has 0 aliphatic heterocycles. The summed E-state index contributed by atoms with van der Waals surface area (Å²) in [6.07, 6.45) is 2.65. The molecule has 0 aliphatic rings. The Morgan fingerprint density at radius 2 is 2.12 bits per heavy atom. The van der Waals surface area contributed by atoms with E-state index in [2.05, 4.69) is 10.3 Å². The number of nitrogens with zero attached hydrogens (tertiary/aromatic N) is 1. The molecule has 1 aromatic carbocycles. The Morgan fingerprint density at radius 1 is 1.38 bits per heavy atom. The minimum Gasteiger partial charge on any atom is -0.394 e. The van der Waals surface area contributed by atoms with Crippen molar-refractivity contribution in [3.63, 3.8) is 0 Å². The molecule has 2 rings (SSSR count). The molecule has 24 heavy (non-hydrogen) atoms. The summed E-state index contributed by atoms with van der Waals surface area (Å²) in [5.41, 5.74) is 1.77. The minimum absolute atomic E-state index is 0.124. The first kappa shape index (κ1) is 18.7. The lowest BCUT2D eigenvalue weighted by Crippen LogP contribution is -2.38. The lowest BCUT2D eigenvalue weighted by atomic mass is 10.0. The van der Waals surface area contributed by atoms with Gasteiger partial charge in [-0.1, -0.05) is 13.8 Å². The van der Waals surface area contributed by atoms with Gasteiger partial charge in [-0.05, 0) is 48.6 Å². The molecular weight excluding hydrogens is 327 g/mol. The quantitative estimate of drug-likeness (QED) is 0.804. The number of nitrogens with one attached hydrogen (secondary N) is 1. The first-order chi connectivity index (χ1) is 11.5. The van der Waals surface area contributed by atoms with Crippen molar-refractivity contribution in [2.75, 3.05) is 18.6 Å². The average molecular weight is 350 g/mol. The number of carbonyl (C=O) groups is 1. The maximum absolute atomic E-state index is 13.6. The molecule has 0 saturated carbocycles. The zero-order valence-electron chi connectivity index (χ0n) is 14.2. The molecule has 1 atom stereocenters. The van der Waals surface area contributed by atoms with Crippen molar-refractivity contribution in [2.24, 2.45) is 0 Å². The van der Waals surface area contributed by atoms with E-state index in [-0.39, 0.29) is 24.5 Å². The van der Waals surface area contributed by atoms with Gasteiger partial charge in [0.25, 0.3) is 5.91 Å². The van der Waals surface area contributed by atoms with E-state index in [1.807, 2.05) is 20.1 Å². The minimum atomic E-state index is -0.406. The van der Waals surface area contributed by atoms with E-state index in [1.54, 1.807) is 23.9 Å². The van der Waals surface area contributed by atoms with E-state index in [9.17, 15) is 14.3 Å². The number of thioether (sulfide) groups is 1. The fraction of sp³-hybridized carbons (Fsp3) is 0.444. The molecule has 0 aliphatic carbocycles. The Hall–Kier alpha value is -1.66. The highest BCUT2D eigenvalue weighted by Gasteiger charge is 2.18. The third kappa shape index (κ3) is 4.45. The molecular formula is C18H23FN2O2S. The zero-order chi connectivity index (χ0) is 17.7. The number of aliphatic hydroxyl groups excluding tert-OH is 1. The van der Waals surface area contributed by atoms with Gasteiger partial charge in [0.1, 0.15) is 5.82 Å². The molecule has 130 valence electrons. The largest absolute Gasteiger partial charge is 0.394 e. The number of fused-ring (bicyclic) bond motifs is 1. The molecule has 0 fully saturated rings. The molecule has 1 unspecified atom stereocenters. The van der Waals surface area contributed by atoms with Crippen LogP contribution < -0.4 is 5.32 Å². The van der Waals surface area contributed by atoms with Gasteiger partial charge in [0, 0.05) is 11.1 Å². The van der Waals surface area contributed by atoms with E-state index in [1.165, 1.54) is 12.1 Å². The number of benzene rings is 1. The number of aliphatic hydroxyl groups is 1. The van der Waals surface area contributed by atoms with Gasteiger partial charge in [0.05, 0.1) is 23.7 Å². The molecule has 0 bridgehead atoms. The first-order valence-corrected chi connectivity index (χ1v) is 9.36. The summed E-state index contributed by atoms with van der Waals surface area (Å²) >= 11 is 1.66. The fourth-order valence-electron chi connectivity index (χ4n) is 2.43. The predicted octanol–water partition coefficient (Wildman–Crippen LogP) is 3.34. The molecule has 0 spiro atoms. The summed E-state index contributed by atoms with van der Waals surface area (Å²) in [6.45, 7) is 3.86. The summed E-state index contributed by atoms with van der Waals surface area (Å²) < 4.78 is 13.6. The topological polar surface area (TPSA) is 62.2 Å². The number of hydrogen-bond acceptors (Lipinski definition) is 4. The number of pyridine rings is 1. The lowest BCUT2D eigenvalue weighted by Gasteiger charge is -2.17. The van der Waals surface area contributed by atoms with Gasteiger partial charge in [-0.15, -0.1) is 0 Å². The smallest absolute Gasteiger partial charge is 0.252 e. The van der Waals surface area contributed by atoms with E-state index < -0.39 is 5.82 Å². The van der Waals surface area contributed by atoms with Crippen molar-refractivity contribution in [3.8, 4) is 0 Å². The number of hydrogen-bond donors (Lipinski definition) is 2. The van der Waals surface area contributed by atoms with Gasteiger partial charge in [-0.2, -0.15) is 11.8 Å². The zero-order valence-corrected chi connectivity index (χ0v) is 15.0. The van der Waals surface area contributed by atoms with Gasteiger partial charge >= 0.3 is 0 Å². The molecule has 2 N–H and O–H groups in total. The normalized spacial score (nSPS) is 12.6. The van der Waals surface area contributed by atoms with E-state index in [0.29, 0.717) is 22.9 Å². The van der Waals surface area contributed by atoms with Crippen molar-refractivity contribution in [2.45, 2.75) is 32.2 Å². The van der Waals surface area contributed by atoms with Crippen LogP contribution in [0.2, 0.25) is 0 Å². The molecule has 1 heterocycles. The average Bonchev–Trinajstić information content (AvgIpc) is 2.57. The summed E-state index contributed by atoms with van der Waals surface area (Å²) in [4.78, 5) is 17.2. The van der Waals surface area contributed by atoms with Crippen LogP contribution >= 0.6 is 11.8 Å². The van der Waals surface area contributed by atoms with Crippen LogP contribution in [0, 0.1) is 5.82 Å². The van der Waals surface area contributed by atoms with Crippen LogP contribution in [-0.2, 0) is 0 Å². The number of carbonyl (C=O) groups excluding carboxylic acids is 1.